The zero-order valence-corrected chi connectivity index (χ0v) is 12.3. The molecule has 0 bridgehead atoms. The fourth-order valence-electron chi connectivity index (χ4n) is 2.98. The molecular weight excluding hydrogens is 266 g/mol. The van der Waals surface area contributed by atoms with Gasteiger partial charge in [-0.25, -0.2) is 4.79 Å². The zero-order chi connectivity index (χ0) is 14.7. The molecule has 2 atom stereocenters. The molecule has 112 valence electrons. The van der Waals surface area contributed by atoms with Crippen LogP contribution >= 0.6 is 0 Å². The fraction of sp³-hybridized carbons (Fsp3) is 0.500. The van der Waals surface area contributed by atoms with E-state index in [2.05, 4.69) is 22.7 Å². The molecule has 5 heteroatoms. The van der Waals surface area contributed by atoms with Gasteiger partial charge < -0.3 is 15.2 Å². The summed E-state index contributed by atoms with van der Waals surface area (Å²) in [6.07, 6.45) is 4.73. The van der Waals surface area contributed by atoms with E-state index >= 15 is 0 Å². The van der Waals surface area contributed by atoms with Crippen LogP contribution < -0.4 is 10.6 Å². The highest BCUT2D eigenvalue weighted by Gasteiger charge is 2.22. The molecule has 3 rings (SSSR count). The number of nitrogens with zero attached hydrogens (tertiary/aromatic N) is 1. The molecule has 1 saturated carbocycles. The van der Waals surface area contributed by atoms with Gasteiger partial charge in [0.25, 0.3) is 0 Å². The van der Waals surface area contributed by atoms with Crippen molar-refractivity contribution in [3.8, 4) is 0 Å². The predicted octanol–water partition coefficient (Wildman–Crippen LogP) is 3.21. The number of hydrogen-bond donors (Lipinski definition) is 2. The molecule has 1 aromatic heterocycles. The third-order valence-corrected chi connectivity index (χ3v) is 4.30. The van der Waals surface area contributed by atoms with Crippen molar-refractivity contribution in [1.29, 1.82) is 0 Å². The minimum atomic E-state index is -0.124. The van der Waals surface area contributed by atoms with Crippen LogP contribution in [0.25, 0.3) is 11.0 Å². The Morgan fingerprint density at radius 1 is 1.33 bits per heavy atom. The summed E-state index contributed by atoms with van der Waals surface area (Å²) >= 11 is 0. The van der Waals surface area contributed by atoms with Crippen molar-refractivity contribution in [2.75, 3.05) is 0 Å². The average Bonchev–Trinajstić information content (AvgIpc) is 2.91. The minimum Gasteiger partial charge on any atom is -0.356 e. The molecule has 5 nitrogen and oxygen atoms in total. The van der Waals surface area contributed by atoms with Gasteiger partial charge in [-0.2, -0.15) is 0 Å². The maximum Gasteiger partial charge on any atom is 0.315 e. The number of carbonyl (C=O) groups excluding carboxylic acids is 1. The van der Waals surface area contributed by atoms with Crippen LogP contribution in [0.1, 0.15) is 38.3 Å². The van der Waals surface area contributed by atoms with Gasteiger partial charge >= 0.3 is 6.03 Å². The Labute approximate surface area is 124 Å². The summed E-state index contributed by atoms with van der Waals surface area (Å²) in [4.78, 5) is 12.0. The monoisotopic (exact) mass is 287 g/mol. The molecule has 0 unspecified atom stereocenters. The van der Waals surface area contributed by atoms with Gasteiger partial charge in [0, 0.05) is 11.4 Å². The van der Waals surface area contributed by atoms with Crippen molar-refractivity contribution in [2.24, 2.45) is 5.92 Å². The first kappa shape index (κ1) is 13.9. The van der Waals surface area contributed by atoms with Crippen molar-refractivity contribution < 1.29 is 9.32 Å². The number of aromatic nitrogens is 1. The summed E-state index contributed by atoms with van der Waals surface area (Å²) in [7, 11) is 0. The lowest BCUT2D eigenvalue weighted by Gasteiger charge is -2.29. The van der Waals surface area contributed by atoms with E-state index in [1.54, 1.807) is 0 Å². The molecule has 2 amide bonds. The van der Waals surface area contributed by atoms with Gasteiger partial charge in [-0.15, -0.1) is 0 Å². The second-order valence-electron chi connectivity index (χ2n) is 5.82. The third-order valence-electron chi connectivity index (χ3n) is 4.30. The molecule has 1 heterocycles. The quantitative estimate of drug-likeness (QED) is 0.911. The molecular formula is C16H21N3O2. The first-order valence-corrected chi connectivity index (χ1v) is 7.61. The highest BCUT2D eigenvalue weighted by molar-refractivity contribution is 5.80. The van der Waals surface area contributed by atoms with E-state index in [0.29, 0.717) is 12.5 Å². The Morgan fingerprint density at radius 2 is 2.14 bits per heavy atom. The number of carbonyl (C=O) groups is 1. The molecule has 1 aliphatic rings. The van der Waals surface area contributed by atoms with Gasteiger partial charge in [0.1, 0.15) is 5.69 Å². The van der Waals surface area contributed by atoms with Crippen LogP contribution in [0.3, 0.4) is 0 Å². The number of rotatable bonds is 3. The Morgan fingerprint density at radius 3 is 3.00 bits per heavy atom. The lowest BCUT2D eigenvalue weighted by Crippen LogP contribution is -2.45. The largest absolute Gasteiger partial charge is 0.356 e. The van der Waals surface area contributed by atoms with Gasteiger partial charge in [0.05, 0.1) is 6.54 Å². The Balaban J connectivity index is 1.56. The van der Waals surface area contributed by atoms with Gasteiger partial charge in [-0.1, -0.05) is 37.1 Å². The molecule has 1 fully saturated rings. The van der Waals surface area contributed by atoms with Crippen molar-refractivity contribution >= 4 is 17.0 Å². The molecule has 0 saturated heterocycles. The molecule has 2 aromatic rings. The first-order valence-electron chi connectivity index (χ1n) is 7.61. The maximum absolute atomic E-state index is 12.0. The lowest BCUT2D eigenvalue weighted by atomic mass is 9.86. The first-order chi connectivity index (χ1) is 10.2. The van der Waals surface area contributed by atoms with Crippen molar-refractivity contribution in [2.45, 2.75) is 45.2 Å². The number of para-hydroxylation sites is 1. The van der Waals surface area contributed by atoms with Crippen LogP contribution in [0.2, 0.25) is 0 Å². The normalized spacial score (nSPS) is 22.1. The predicted molar refractivity (Wildman–Crippen MR) is 80.8 cm³/mol. The maximum atomic E-state index is 12.0. The Bertz CT molecular complexity index is 623. The summed E-state index contributed by atoms with van der Waals surface area (Å²) in [5, 5.41) is 10.9. The number of amides is 2. The van der Waals surface area contributed by atoms with E-state index in [9.17, 15) is 4.79 Å². The van der Waals surface area contributed by atoms with E-state index in [1.165, 1.54) is 19.3 Å². The van der Waals surface area contributed by atoms with Crippen LogP contribution in [-0.4, -0.2) is 17.2 Å². The topological polar surface area (TPSA) is 67.2 Å². The van der Waals surface area contributed by atoms with Crippen LogP contribution in [-0.2, 0) is 6.54 Å². The second-order valence-corrected chi connectivity index (χ2v) is 5.82. The summed E-state index contributed by atoms with van der Waals surface area (Å²) < 4.78 is 5.23. The molecule has 0 aliphatic heterocycles. The number of fused-ring (bicyclic) bond motifs is 1. The van der Waals surface area contributed by atoms with Gasteiger partial charge in [-0.05, 0) is 30.9 Å². The van der Waals surface area contributed by atoms with Crippen LogP contribution in [0, 0.1) is 5.92 Å². The van der Waals surface area contributed by atoms with Crippen molar-refractivity contribution in [3.05, 3.63) is 30.0 Å². The minimum absolute atomic E-state index is 0.124. The number of hydrogen-bond acceptors (Lipinski definition) is 3. The smallest absolute Gasteiger partial charge is 0.315 e. The average molecular weight is 287 g/mol. The highest BCUT2D eigenvalue weighted by atomic mass is 16.5. The highest BCUT2D eigenvalue weighted by Crippen LogP contribution is 2.23. The number of urea groups is 1. The fourth-order valence-corrected chi connectivity index (χ4v) is 2.98. The third kappa shape index (κ3) is 3.17. The summed E-state index contributed by atoms with van der Waals surface area (Å²) in [5.41, 5.74) is 1.51. The molecule has 1 aromatic carbocycles. The van der Waals surface area contributed by atoms with E-state index in [4.69, 9.17) is 4.52 Å². The van der Waals surface area contributed by atoms with E-state index in [-0.39, 0.29) is 12.1 Å². The lowest BCUT2D eigenvalue weighted by molar-refractivity contribution is 0.221. The molecule has 2 N–H and O–H groups in total. The van der Waals surface area contributed by atoms with Gasteiger partial charge in [0.2, 0.25) is 0 Å². The van der Waals surface area contributed by atoms with E-state index in [1.807, 2.05) is 24.3 Å². The zero-order valence-electron chi connectivity index (χ0n) is 12.3. The van der Waals surface area contributed by atoms with Crippen molar-refractivity contribution in [1.82, 2.24) is 15.8 Å². The molecule has 0 radical (unpaired) electrons. The molecule has 0 spiro atoms. The van der Waals surface area contributed by atoms with Gasteiger partial charge in [0.15, 0.2) is 5.58 Å². The van der Waals surface area contributed by atoms with Gasteiger partial charge in [-0.3, -0.25) is 0 Å². The SMILES string of the molecule is C[C@H]1CCCC[C@H]1NC(=O)NCc1noc2ccccc12. The summed E-state index contributed by atoms with van der Waals surface area (Å²) in [6, 6.07) is 7.82. The molecule has 1 aliphatic carbocycles. The van der Waals surface area contributed by atoms with Crippen LogP contribution in [0.15, 0.2) is 28.8 Å². The van der Waals surface area contributed by atoms with Crippen LogP contribution in [0.4, 0.5) is 4.79 Å². The number of benzene rings is 1. The summed E-state index contributed by atoms with van der Waals surface area (Å²) in [5.74, 6) is 0.553. The van der Waals surface area contributed by atoms with Crippen LogP contribution in [0.5, 0.6) is 0 Å². The van der Waals surface area contributed by atoms with E-state index < -0.39 is 0 Å². The standard InChI is InChI=1S/C16H21N3O2/c1-11-6-2-4-8-13(11)18-16(20)17-10-14-12-7-3-5-9-15(12)21-19-14/h3,5,7,9,11,13H,2,4,6,8,10H2,1H3,(H2,17,18,20)/t11-,13+/m0/s1. The Hall–Kier alpha value is -2.04. The number of nitrogens with one attached hydrogen (secondary N) is 2. The second kappa shape index (κ2) is 6.16. The Kier molecular flexibility index (Phi) is 4.08. The molecule has 21 heavy (non-hydrogen) atoms. The van der Waals surface area contributed by atoms with Crippen molar-refractivity contribution in [3.63, 3.8) is 0 Å². The van der Waals surface area contributed by atoms with E-state index in [0.717, 1.165) is 23.1 Å². The summed E-state index contributed by atoms with van der Waals surface area (Å²) in [6.45, 7) is 2.58.